The van der Waals surface area contributed by atoms with Gasteiger partial charge in [0.05, 0.1) is 12.8 Å². The lowest BCUT2D eigenvalue weighted by atomic mass is 9.77. The summed E-state index contributed by atoms with van der Waals surface area (Å²) in [6.07, 6.45) is 1.87. The number of carbonyl (C=O) groups is 6. The van der Waals surface area contributed by atoms with Crippen molar-refractivity contribution in [3.05, 3.63) is 228 Å². The third-order valence-corrected chi connectivity index (χ3v) is 12.1. The van der Waals surface area contributed by atoms with Gasteiger partial charge in [0.25, 0.3) is 0 Å². The second kappa shape index (κ2) is 26.6. The maximum Gasteiger partial charge on any atom is 0.408 e. The highest BCUT2D eigenvalue weighted by atomic mass is 16.6. The molecule has 0 aliphatic rings. The minimum Gasteiger partial charge on any atom is -0.444 e. The molecule has 0 spiro atoms. The highest BCUT2D eigenvalue weighted by Gasteiger charge is 2.41. The molecule has 14 heteroatoms. The van der Waals surface area contributed by atoms with Gasteiger partial charge in [-0.1, -0.05) is 194 Å². The maximum absolute atomic E-state index is 14.3. The van der Waals surface area contributed by atoms with Crippen LogP contribution in [0.15, 0.2) is 194 Å². The van der Waals surface area contributed by atoms with Gasteiger partial charge >= 0.3 is 12.2 Å². The van der Waals surface area contributed by atoms with Crippen molar-refractivity contribution in [1.82, 2.24) is 31.9 Å². The first-order valence-corrected chi connectivity index (χ1v) is 25.5. The van der Waals surface area contributed by atoms with E-state index in [0.717, 1.165) is 33.4 Å². The molecule has 0 bridgehead atoms. The van der Waals surface area contributed by atoms with E-state index in [0.29, 0.717) is 12.8 Å². The summed E-state index contributed by atoms with van der Waals surface area (Å²) >= 11 is 0. The van der Waals surface area contributed by atoms with Crippen molar-refractivity contribution in [2.75, 3.05) is 13.1 Å². The molecule has 0 saturated heterocycles. The number of hydrogen-bond acceptors (Lipinski definition) is 8. The third-order valence-electron chi connectivity index (χ3n) is 12.1. The highest BCUT2D eigenvalue weighted by molar-refractivity contribution is 5.92. The zero-order chi connectivity index (χ0) is 54.6. The van der Waals surface area contributed by atoms with Crippen molar-refractivity contribution in [1.29, 1.82) is 0 Å². The number of alkyl carbamates (subject to hydrolysis) is 2. The van der Waals surface area contributed by atoms with E-state index in [1.807, 2.05) is 194 Å². The molecular formula is C62H70N6O8. The Kier molecular flexibility index (Phi) is 19.9. The van der Waals surface area contributed by atoms with Crippen molar-refractivity contribution >= 4 is 35.8 Å². The lowest BCUT2D eigenvalue weighted by Crippen LogP contribution is -2.53. The molecule has 6 rings (SSSR count). The fourth-order valence-electron chi connectivity index (χ4n) is 8.81. The molecule has 6 N–H and O–H groups in total. The Morgan fingerprint density at radius 3 is 0.855 bits per heavy atom. The molecule has 0 fully saturated rings. The summed E-state index contributed by atoms with van der Waals surface area (Å²) in [7, 11) is 0. The van der Waals surface area contributed by atoms with Gasteiger partial charge < -0.3 is 41.4 Å². The van der Waals surface area contributed by atoms with E-state index in [9.17, 15) is 28.8 Å². The van der Waals surface area contributed by atoms with Crippen molar-refractivity contribution in [2.45, 2.75) is 102 Å². The van der Waals surface area contributed by atoms with Crippen molar-refractivity contribution in [3.63, 3.8) is 0 Å². The molecule has 2 atom stereocenters. The molecule has 0 unspecified atom stereocenters. The van der Waals surface area contributed by atoms with Gasteiger partial charge in [-0.2, -0.15) is 0 Å². The van der Waals surface area contributed by atoms with E-state index in [2.05, 4.69) is 31.9 Å². The molecule has 0 aromatic heterocycles. The quantitative estimate of drug-likeness (QED) is 0.0220. The fourth-order valence-corrected chi connectivity index (χ4v) is 8.81. The average Bonchev–Trinajstić information content (AvgIpc) is 3.42. The number of benzene rings is 6. The largest absolute Gasteiger partial charge is 0.444 e. The first-order chi connectivity index (χ1) is 36.4. The lowest BCUT2D eigenvalue weighted by molar-refractivity contribution is -0.129. The number of nitrogens with one attached hydrogen (secondary N) is 6. The summed E-state index contributed by atoms with van der Waals surface area (Å²) < 4.78 is 11.0. The second-order valence-electron chi connectivity index (χ2n) is 20.2. The predicted molar refractivity (Wildman–Crippen MR) is 295 cm³/mol. The smallest absolute Gasteiger partial charge is 0.408 e. The summed E-state index contributed by atoms with van der Waals surface area (Å²) in [5, 5.41) is 17.4. The van der Waals surface area contributed by atoms with Crippen molar-refractivity contribution in [2.24, 2.45) is 0 Å². The van der Waals surface area contributed by atoms with Crippen molar-refractivity contribution < 1.29 is 38.2 Å². The van der Waals surface area contributed by atoms with E-state index < -0.39 is 83.0 Å². The standard InChI is InChI=1S/C62H70N6O8/c1-59(2,3)75-57(73)65-51(43-53(69)67-61(45-29-15-9-16-30-45,46-31-17-10-18-32-46)47-33-19-11-20-34-47)55(71)63-41-27-7-8-28-42-64-56(72)52(66-58(74)76-60(4,5)6)44-54(70)68-62(48-35-21-12-22-36-48,49-37-23-13-24-38-49)50-39-25-14-26-40-50/h7-26,29-40,51-52H,27-28,41-44H2,1-6H3,(H,63,71)(H,64,72)(H,65,73)(H,66,74)(H,67,69)(H,68,70)/t51-,52-/m0/s1. The Labute approximate surface area is 446 Å². The predicted octanol–water partition coefficient (Wildman–Crippen LogP) is 9.34. The number of hydrogen-bond donors (Lipinski definition) is 6. The first kappa shape index (κ1) is 56.8. The molecule has 6 amide bonds. The van der Waals surface area contributed by atoms with Gasteiger partial charge in [-0.3, -0.25) is 19.2 Å². The normalized spacial score (nSPS) is 12.6. The Morgan fingerprint density at radius 1 is 0.395 bits per heavy atom. The van der Waals surface area contributed by atoms with E-state index in [-0.39, 0.29) is 13.1 Å². The summed E-state index contributed by atoms with van der Waals surface area (Å²) in [4.78, 5) is 82.6. The fraction of sp³-hybridized carbons (Fsp3) is 0.290. The lowest BCUT2D eigenvalue weighted by Gasteiger charge is -2.37. The molecule has 14 nitrogen and oxygen atoms in total. The summed E-state index contributed by atoms with van der Waals surface area (Å²) in [5.74, 6) is -2.18. The van der Waals surface area contributed by atoms with Gasteiger partial charge in [-0.05, 0) is 87.8 Å². The minimum atomic E-state index is -1.30. The second-order valence-corrected chi connectivity index (χ2v) is 20.2. The van der Waals surface area contributed by atoms with E-state index >= 15 is 0 Å². The average molecular weight is 1030 g/mol. The summed E-state index contributed by atoms with van der Waals surface area (Å²) in [6.45, 7) is 10.5. The number of amides is 6. The number of ether oxygens (including phenoxy) is 2. The Balaban J connectivity index is 1.10. The van der Waals surface area contributed by atoms with Gasteiger partial charge in [0, 0.05) is 13.1 Å². The van der Waals surface area contributed by atoms with Crippen LogP contribution in [-0.2, 0) is 39.7 Å². The van der Waals surface area contributed by atoms with Crippen LogP contribution in [0, 0.1) is 0 Å². The molecular weight excluding hydrogens is 957 g/mol. The number of carbonyl (C=O) groups excluding carboxylic acids is 6. The molecule has 76 heavy (non-hydrogen) atoms. The maximum atomic E-state index is 14.3. The molecule has 0 aliphatic carbocycles. The van der Waals surface area contributed by atoms with Crippen molar-refractivity contribution in [3.8, 4) is 0 Å². The summed E-state index contributed by atoms with van der Waals surface area (Å²) in [5.41, 5.74) is 0.720. The zero-order valence-electron chi connectivity index (χ0n) is 44.1. The third kappa shape index (κ3) is 16.0. The molecule has 396 valence electrons. The van der Waals surface area contributed by atoms with Crippen LogP contribution < -0.4 is 31.9 Å². The number of rotatable bonds is 22. The van der Waals surface area contributed by atoms with Crippen LogP contribution >= 0.6 is 0 Å². The van der Waals surface area contributed by atoms with E-state index in [1.54, 1.807) is 41.5 Å². The van der Waals surface area contributed by atoms with Gasteiger partial charge in [-0.15, -0.1) is 0 Å². The van der Waals surface area contributed by atoms with Crippen LogP contribution in [0.25, 0.3) is 0 Å². The van der Waals surface area contributed by atoms with Crippen LogP contribution in [0.1, 0.15) is 101 Å². The van der Waals surface area contributed by atoms with Gasteiger partial charge in [0.1, 0.15) is 34.4 Å². The van der Waals surface area contributed by atoms with E-state index in [1.165, 1.54) is 0 Å². The Morgan fingerprint density at radius 2 is 0.632 bits per heavy atom. The van der Waals surface area contributed by atoms with Crippen LogP contribution in [0.4, 0.5) is 9.59 Å². The van der Waals surface area contributed by atoms with Gasteiger partial charge in [0.15, 0.2) is 0 Å². The molecule has 6 aromatic rings. The van der Waals surface area contributed by atoms with Gasteiger partial charge in [0.2, 0.25) is 23.6 Å². The molecule has 6 aromatic carbocycles. The molecule has 0 radical (unpaired) electrons. The minimum absolute atomic E-state index is 0.158. The van der Waals surface area contributed by atoms with E-state index in [4.69, 9.17) is 9.47 Å². The Hall–Kier alpha value is -8.52. The topological polar surface area (TPSA) is 193 Å². The monoisotopic (exact) mass is 1030 g/mol. The Bertz CT molecular complexity index is 2470. The van der Waals surface area contributed by atoms with Crippen LogP contribution in [0.2, 0.25) is 0 Å². The molecule has 0 heterocycles. The first-order valence-electron chi connectivity index (χ1n) is 25.5. The SMILES string of the molecule is CC(C)(C)OC(=O)N[C@@H](CC(=O)NC(c1ccccc1)(c1ccccc1)c1ccccc1)C(=O)NCCC=CCCNC(=O)[C@H](CC(=O)NC(c1ccccc1)(c1ccccc1)c1ccccc1)NC(=O)OC(C)(C)C. The van der Waals surface area contributed by atoms with Crippen LogP contribution in [-0.4, -0.2) is 72.2 Å². The van der Waals surface area contributed by atoms with Gasteiger partial charge in [-0.25, -0.2) is 9.59 Å². The molecule has 0 aliphatic heterocycles. The molecule has 0 saturated carbocycles. The van der Waals surface area contributed by atoms with Crippen LogP contribution in [0.3, 0.4) is 0 Å². The summed E-state index contributed by atoms with van der Waals surface area (Å²) in [6, 6.07) is 54.7. The zero-order valence-corrected chi connectivity index (χ0v) is 44.1. The highest BCUT2D eigenvalue weighted by Crippen LogP contribution is 2.38. The van der Waals surface area contributed by atoms with Crippen LogP contribution in [0.5, 0.6) is 0 Å².